The minimum Gasteiger partial charge on any atom is -0.457 e. The Balaban J connectivity index is 1.04. The molecule has 18 nitrogen and oxygen atoms in total. The molecule has 4 heterocycles. The summed E-state index contributed by atoms with van der Waals surface area (Å²) in [6, 6.07) is 0. The van der Waals surface area contributed by atoms with Gasteiger partial charge in [-0.05, 0) is 124 Å². The molecule has 66 heavy (non-hydrogen) atoms. The summed E-state index contributed by atoms with van der Waals surface area (Å²) in [5.74, 6) is -1.03. The lowest BCUT2D eigenvalue weighted by atomic mass is 9.41. The molecule has 4 aliphatic heterocycles. The maximum Gasteiger partial charge on any atom is 0.303 e. The maximum atomic E-state index is 12.4. The van der Waals surface area contributed by atoms with E-state index < -0.39 is 121 Å². The lowest BCUT2D eigenvalue weighted by molar-refractivity contribution is -0.366. The van der Waals surface area contributed by atoms with Crippen LogP contribution in [0, 0.1) is 44.8 Å². The van der Waals surface area contributed by atoms with Crippen molar-refractivity contribution in [2.24, 2.45) is 44.8 Å². The van der Waals surface area contributed by atoms with E-state index in [1.807, 2.05) is 0 Å². The highest BCUT2D eigenvalue weighted by Crippen LogP contribution is 2.89. The zero-order chi connectivity index (χ0) is 48.1. The van der Waals surface area contributed by atoms with Crippen LogP contribution in [0.15, 0.2) is 0 Å². The Morgan fingerprint density at radius 3 is 2.00 bits per heavy atom. The fourth-order valence-corrected chi connectivity index (χ4v) is 16.3. The summed E-state index contributed by atoms with van der Waals surface area (Å²) in [5, 5.41) is 99.0. The fourth-order valence-electron chi connectivity index (χ4n) is 16.3. The van der Waals surface area contributed by atoms with E-state index in [9.17, 15) is 50.8 Å². The molecule has 4 saturated heterocycles. The fraction of sp³-hybridized carbons (Fsp3) is 0.979. The van der Waals surface area contributed by atoms with Gasteiger partial charge in [0.25, 0.3) is 0 Å². The van der Waals surface area contributed by atoms with Crippen molar-refractivity contribution < 1.29 is 88.6 Å². The van der Waals surface area contributed by atoms with Crippen LogP contribution < -0.4 is 0 Å². The summed E-state index contributed by atoms with van der Waals surface area (Å²) in [7, 11) is 0. The van der Waals surface area contributed by atoms with Crippen LogP contribution in [-0.2, 0) is 42.7 Å². The number of fused-ring (bicyclic) bond motifs is 2. The molecule has 0 aromatic heterocycles. The van der Waals surface area contributed by atoms with Crippen LogP contribution in [0.3, 0.4) is 0 Å². The first-order valence-corrected chi connectivity index (χ1v) is 24.5. The normalized spacial score (nSPS) is 56.7. The molecule has 9 aliphatic rings. The van der Waals surface area contributed by atoms with Gasteiger partial charge in [0, 0.05) is 12.8 Å². The van der Waals surface area contributed by atoms with Gasteiger partial charge in [0.2, 0.25) is 0 Å². The highest BCUT2D eigenvalue weighted by molar-refractivity contribution is 5.66. The lowest BCUT2D eigenvalue weighted by Crippen LogP contribution is -2.65. The smallest absolute Gasteiger partial charge is 0.303 e. The van der Waals surface area contributed by atoms with Gasteiger partial charge in [0.05, 0.1) is 54.9 Å². The zero-order valence-corrected chi connectivity index (χ0v) is 40.0. The van der Waals surface area contributed by atoms with Crippen LogP contribution in [-0.4, -0.2) is 181 Å². The number of carbonyl (C=O) groups excluding carboxylic acids is 1. The van der Waals surface area contributed by atoms with Crippen LogP contribution >= 0.6 is 0 Å². The first-order valence-electron chi connectivity index (χ1n) is 24.5. The first kappa shape index (κ1) is 49.8. The monoisotopic (exact) mass is 943 g/mol. The molecule has 16 unspecified atom stereocenters. The standard InChI is InChI=1S/C48H78O18/c1-21-30(53)32(55)34(57)40(61-21)65-36-35(62-22(2)49)25(52)19-60-41(36)64-28-11-13-48-20-47(48)15-14-44(7)37(46(9)12-10-29(66-46)43(5,6)58)23(50)17-45(44,8)27(47)16-26(38(48)42(28,3)4)63-39-33(56)31(54)24(51)18-59-39/h21,23-41,50-58H,10-20H2,1-9H3/t21?,23-,24?,25?,26+,27?,28+,29+,30?,31?,32?,33?,34?,35?,36?,37?,38?,39?,40?,41+,44-,45+,46?,47+,48-/m1/s1. The summed E-state index contributed by atoms with van der Waals surface area (Å²) < 4.78 is 50.5. The zero-order valence-electron chi connectivity index (χ0n) is 40.0. The van der Waals surface area contributed by atoms with Crippen molar-refractivity contribution in [3.8, 4) is 0 Å². The SMILES string of the molecule is CC(=O)OC1C(O)CO[C@@H](O[C@H]2CC[C@]34C[C@]35CC[C@]3(C)C(C6(C)CC[C@@H](C(C)(C)O)O6)[C@H](O)C[C@@]3(C)C5C[C@H](OC3OCC(O)C(O)C3O)C4C2(C)C)C1OC1OC(C)C(O)C(O)C1O. The number of aliphatic hydroxyl groups is 9. The number of aliphatic hydroxyl groups excluding tert-OH is 8. The molecule has 0 bridgehead atoms. The van der Waals surface area contributed by atoms with Crippen molar-refractivity contribution in [3.63, 3.8) is 0 Å². The van der Waals surface area contributed by atoms with E-state index in [4.69, 9.17) is 37.9 Å². The third-order valence-corrected chi connectivity index (χ3v) is 19.6. The van der Waals surface area contributed by atoms with Gasteiger partial charge < -0.3 is 83.9 Å². The van der Waals surface area contributed by atoms with Gasteiger partial charge in [-0.3, -0.25) is 4.79 Å². The molecule has 2 spiro atoms. The van der Waals surface area contributed by atoms with E-state index in [0.717, 1.165) is 32.1 Å². The third-order valence-electron chi connectivity index (χ3n) is 19.6. The van der Waals surface area contributed by atoms with Crippen molar-refractivity contribution in [1.82, 2.24) is 0 Å². The maximum absolute atomic E-state index is 12.4. The average molecular weight is 943 g/mol. The second kappa shape index (κ2) is 16.7. The van der Waals surface area contributed by atoms with Crippen molar-refractivity contribution in [2.45, 2.75) is 236 Å². The number of ether oxygens (including phenoxy) is 8. The van der Waals surface area contributed by atoms with Gasteiger partial charge in [0.15, 0.2) is 31.1 Å². The van der Waals surface area contributed by atoms with E-state index in [-0.39, 0.29) is 58.7 Å². The van der Waals surface area contributed by atoms with Crippen LogP contribution in [0.5, 0.6) is 0 Å². The van der Waals surface area contributed by atoms with Gasteiger partial charge in [-0.25, -0.2) is 0 Å². The molecular weight excluding hydrogens is 865 g/mol. The van der Waals surface area contributed by atoms with Crippen LogP contribution in [0.25, 0.3) is 0 Å². The summed E-state index contributed by atoms with van der Waals surface area (Å²) in [6.45, 7) is 16.8. The summed E-state index contributed by atoms with van der Waals surface area (Å²) in [4.78, 5) is 12.4. The molecule has 5 aliphatic carbocycles. The molecule has 9 rings (SSSR count). The molecule has 5 saturated carbocycles. The number of carbonyl (C=O) groups is 1. The highest BCUT2D eigenvalue weighted by Gasteiger charge is 2.85. The molecule has 0 amide bonds. The Bertz CT molecular complexity index is 1810. The molecule has 0 aromatic carbocycles. The highest BCUT2D eigenvalue weighted by atomic mass is 16.8. The van der Waals surface area contributed by atoms with Gasteiger partial charge in [-0.2, -0.15) is 0 Å². The molecular formula is C48H78O18. The van der Waals surface area contributed by atoms with E-state index in [0.29, 0.717) is 25.7 Å². The van der Waals surface area contributed by atoms with E-state index in [1.54, 1.807) is 13.8 Å². The minimum absolute atomic E-state index is 0.0767. The number of rotatable bonds is 9. The Hall–Kier alpha value is -1.17. The Labute approximate surface area is 387 Å². The largest absolute Gasteiger partial charge is 0.457 e. The predicted octanol–water partition coefficient (Wildman–Crippen LogP) is 0.786. The van der Waals surface area contributed by atoms with Crippen molar-refractivity contribution in [1.29, 1.82) is 0 Å². The van der Waals surface area contributed by atoms with E-state index >= 15 is 0 Å². The molecule has 18 heteroatoms. The Kier molecular flexibility index (Phi) is 12.6. The molecule has 9 N–H and O–H groups in total. The van der Waals surface area contributed by atoms with Gasteiger partial charge in [0.1, 0.15) is 42.7 Å². The second-order valence-corrected chi connectivity index (χ2v) is 24.0. The van der Waals surface area contributed by atoms with Crippen LogP contribution in [0.4, 0.5) is 0 Å². The Morgan fingerprint density at radius 2 is 1.33 bits per heavy atom. The number of hydrogen-bond acceptors (Lipinski definition) is 18. The molecule has 0 radical (unpaired) electrons. The van der Waals surface area contributed by atoms with Crippen molar-refractivity contribution >= 4 is 5.97 Å². The Morgan fingerprint density at radius 1 is 0.667 bits per heavy atom. The van der Waals surface area contributed by atoms with Crippen molar-refractivity contribution in [2.75, 3.05) is 13.2 Å². The first-order chi connectivity index (χ1) is 30.7. The quantitative estimate of drug-likeness (QED) is 0.114. The molecule has 0 aromatic rings. The lowest BCUT2D eigenvalue weighted by Gasteiger charge is -2.65. The van der Waals surface area contributed by atoms with Gasteiger partial charge in [-0.15, -0.1) is 0 Å². The van der Waals surface area contributed by atoms with E-state index in [1.165, 1.54) is 13.8 Å². The third kappa shape index (κ3) is 7.43. The van der Waals surface area contributed by atoms with Crippen molar-refractivity contribution in [3.05, 3.63) is 0 Å². The van der Waals surface area contributed by atoms with E-state index in [2.05, 4.69) is 34.6 Å². The van der Waals surface area contributed by atoms with Crippen LogP contribution in [0.2, 0.25) is 0 Å². The second-order valence-electron chi connectivity index (χ2n) is 24.0. The van der Waals surface area contributed by atoms with Gasteiger partial charge >= 0.3 is 5.97 Å². The number of esters is 1. The van der Waals surface area contributed by atoms with Gasteiger partial charge in [-0.1, -0.05) is 27.7 Å². The summed E-state index contributed by atoms with van der Waals surface area (Å²) in [5.41, 5.74) is -3.49. The molecule has 378 valence electrons. The van der Waals surface area contributed by atoms with Crippen LogP contribution in [0.1, 0.15) is 120 Å². The topological polar surface area (TPSA) is 273 Å². The predicted molar refractivity (Wildman–Crippen MR) is 229 cm³/mol. The summed E-state index contributed by atoms with van der Waals surface area (Å²) in [6.07, 6.45) is -13.6. The minimum atomic E-state index is -1.70. The molecule has 25 atom stereocenters. The summed E-state index contributed by atoms with van der Waals surface area (Å²) >= 11 is 0. The average Bonchev–Trinajstić information content (AvgIpc) is 3.59. The molecule has 9 fully saturated rings. The number of hydrogen-bond donors (Lipinski definition) is 9.